The van der Waals surface area contributed by atoms with Crippen molar-refractivity contribution >= 4 is 23.1 Å². The number of ether oxygens (including phenoxy) is 3. The van der Waals surface area contributed by atoms with Gasteiger partial charge in [0.25, 0.3) is 0 Å². The van der Waals surface area contributed by atoms with Gasteiger partial charge in [-0.25, -0.2) is 0 Å². The van der Waals surface area contributed by atoms with Gasteiger partial charge in [-0.2, -0.15) is 0 Å². The molecule has 1 aromatic heterocycles. The van der Waals surface area contributed by atoms with Crippen molar-refractivity contribution in [1.29, 1.82) is 0 Å². The molecule has 0 radical (unpaired) electrons. The van der Waals surface area contributed by atoms with Crippen LogP contribution in [0.2, 0.25) is 0 Å². The normalized spacial score (nSPS) is 11.1. The molecule has 0 bridgehead atoms. The van der Waals surface area contributed by atoms with Crippen LogP contribution in [-0.2, 0) is 19.8 Å². The van der Waals surface area contributed by atoms with Crippen molar-refractivity contribution in [3.63, 3.8) is 0 Å². The molecule has 0 fully saturated rings. The first-order valence-corrected chi connectivity index (χ1v) is 14.1. The fraction of sp³-hybridized carbons (Fsp3) is 0.0789. The molecule has 0 unspecified atom stereocenters. The Morgan fingerprint density at radius 2 is 1.12 bits per heavy atom. The summed E-state index contributed by atoms with van der Waals surface area (Å²) in [5.74, 6) is 2.35. The molecule has 0 aliphatic heterocycles. The van der Waals surface area contributed by atoms with Crippen LogP contribution in [0.1, 0.15) is 28.0 Å². The van der Waals surface area contributed by atoms with E-state index in [-0.39, 0.29) is 5.43 Å². The molecular weight excluding hydrogens is 536 g/mol. The summed E-state index contributed by atoms with van der Waals surface area (Å²) in [5, 5.41) is 0.501. The van der Waals surface area contributed by atoms with E-state index in [1.807, 2.05) is 115 Å². The van der Waals surface area contributed by atoms with Crippen LogP contribution in [-0.4, -0.2) is 0 Å². The monoisotopic (exact) mass is 566 g/mol. The first-order valence-electron chi connectivity index (χ1n) is 14.1. The minimum Gasteiger partial charge on any atom is -0.489 e. The topological polar surface area (TPSA) is 57.9 Å². The molecule has 0 aliphatic rings. The zero-order valence-corrected chi connectivity index (χ0v) is 23.5. The van der Waals surface area contributed by atoms with E-state index in [0.29, 0.717) is 53.8 Å². The average Bonchev–Trinajstić information content (AvgIpc) is 3.06. The number of hydrogen-bond donors (Lipinski definition) is 0. The van der Waals surface area contributed by atoms with Gasteiger partial charge < -0.3 is 18.6 Å². The maximum absolute atomic E-state index is 12.8. The standard InChI is InChI=1S/C38H30O5/c39-35-23-33(43-37-24-32(19-20-34(35)37)40-25-29-10-4-1-5-11-29)18-16-28-17-21-36(41-26-30-12-6-2-7-13-30)38(22-28)42-27-31-14-8-3-9-15-31/h1-24H,25-27H2/b18-16+. The highest BCUT2D eigenvalue weighted by Gasteiger charge is 2.09. The quantitative estimate of drug-likeness (QED) is 0.157. The molecule has 0 saturated heterocycles. The van der Waals surface area contributed by atoms with Crippen molar-refractivity contribution < 1.29 is 18.6 Å². The Morgan fingerprint density at radius 3 is 1.74 bits per heavy atom. The van der Waals surface area contributed by atoms with Crippen molar-refractivity contribution in [2.75, 3.05) is 0 Å². The number of fused-ring (bicyclic) bond motifs is 1. The largest absolute Gasteiger partial charge is 0.489 e. The fourth-order valence-electron chi connectivity index (χ4n) is 4.58. The van der Waals surface area contributed by atoms with E-state index in [2.05, 4.69) is 0 Å². The second-order valence-electron chi connectivity index (χ2n) is 10.0. The summed E-state index contributed by atoms with van der Waals surface area (Å²) in [6.07, 6.45) is 3.66. The summed E-state index contributed by atoms with van der Waals surface area (Å²) < 4.78 is 24.3. The first kappa shape index (κ1) is 27.6. The van der Waals surface area contributed by atoms with Gasteiger partial charge >= 0.3 is 0 Å². The van der Waals surface area contributed by atoms with Crippen LogP contribution in [0.15, 0.2) is 143 Å². The lowest BCUT2D eigenvalue weighted by Gasteiger charge is -2.14. The van der Waals surface area contributed by atoms with Gasteiger partial charge in [-0.05, 0) is 52.6 Å². The molecule has 43 heavy (non-hydrogen) atoms. The third-order valence-electron chi connectivity index (χ3n) is 6.85. The van der Waals surface area contributed by atoms with Gasteiger partial charge in [0.15, 0.2) is 16.9 Å². The van der Waals surface area contributed by atoms with Crippen LogP contribution in [0.3, 0.4) is 0 Å². The van der Waals surface area contributed by atoms with Crippen LogP contribution >= 0.6 is 0 Å². The predicted octanol–water partition coefficient (Wildman–Crippen LogP) is 8.70. The molecule has 6 aromatic rings. The van der Waals surface area contributed by atoms with E-state index < -0.39 is 0 Å². The number of benzene rings is 5. The highest BCUT2D eigenvalue weighted by molar-refractivity contribution is 5.80. The molecule has 212 valence electrons. The number of hydrogen-bond acceptors (Lipinski definition) is 5. The summed E-state index contributed by atoms with van der Waals surface area (Å²) in [6, 6.07) is 42.5. The highest BCUT2D eigenvalue weighted by Crippen LogP contribution is 2.31. The average molecular weight is 567 g/mol. The maximum atomic E-state index is 12.8. The second-order valence-corrected chi connectivity index (χ2v) is 10.0. The third kappa shape index (κ3) is 7.40. The van der Waals surface area contributed by atoms with Crippen LogP contribution in [0.4, 0.5) is 0 Å². The van der Waals surface area contributed by atoms with Gasteiger partial charge in [0.1, 0.15) is 36.9 Å². The van der Waals surface area contributed by atoms with Crippen molar-refractivity contribution in [3.8, 4) is 17.2 Å². The van der Waals surface area contributed by atoms with Crippen molar-refractivity contribution in [2.45, 2.75) is 19.8 Å². The summed E-state index contributed by atoms with van der Waals surface area (Å²) in [7, 11) is 0. The molecule has 5 heteroatoms. The third-order valence-corrected chi connectivity index (χ3v) is 6.85. The molecular formula is C38H30O5. The van der Waals surface area contributed by atoms with Crippen molar-refractivity contribution in [3.05, 3.63) is 172 Å². The molecule has 0 saturated carbocycles. The fourth-order valence-corrected chi connectivity index (χ4v) is 4.58. The van der Waals surface area contributed by atoms with Gasteiger partial charge in [-0.1, -0.05) is 103 Å². The Hall–Kier alpha value is -5.55. The lowest BCUT2D eigenvalue weighted by molar-refractivity contribution is 0.256. The molecule has 0 N–H and O–H groups in total. The molecule has 5 nitrogen and oxygen atoms in total. The van der Waals surface area contributed by atoms with E-state index in [4.69, 9.17) is 18.6 Å². The SMILES string of the molecule is O=c1cc(/C=C/c2ccc(OCc3ccccc3)c(OCc3ccccc3)c2)oc2cc(OCc3ccccc3)ccc12. The van der Waals surface area contributed by atoms with Crippen LogP contribution in [0.5, 0.6) is 17.2 Å². The summed E-state index contributed by atoms with van der Waals surface area (Å²) in [4.78, 5) is 12.8. The minimum absolute atomic E-state index is 0.118. The summed E-state index contributed by atoms with van der Waals surface area (Å²) in [6.45, 7) is 1.26. The molecule has 0 amide bonds. The smallest absolute Gasteiger partial charge is 0.193 e. The van der Waals surface area contributed by atoms with Crippen molar-refractivity contribution in [2.24, 2.45) is 0 Å². The Morgan fingerprint density at radius 1 is 0.535 bits per heavy atom. The zero-order valence-electron chi connectivity index (χ0n) is 23.5. The van der Waals surface area contributed by atoms with Gasteiger partial charge in [-0.3, -0.25) is 4.79 Å². The Balaban J connectivity index is 1.22. The van der Waals surface area contributed by atoms with Gasteiger partial charge in [0, 0.05) is 12.1 Å². The molecule has 6 rings (SSSR count). The van der Waals surface area contributed by atoms with Gasteiger partial charge in [-0.15, -0.1) is 0 Å². The van der Waals surface area contributed by atoms with Crippen LogP contribution in [0.25, 0.3) is 23.1 Å². The molecule has 1 heterocycles. The molecule has 5 aromatic carbocycles. The van der Waals surface area contributed by atoms with E-state index in [1.54, 1.807) is 24.3 Å². The van der Waals surface area contributed by atoms with E-state index in [9.17, 15) is 4.79 Å². The minimum atomic E-state index is -0.118. The zero-order chi connectivity index (χ0) is 29.3. The first-order chi connectivity index (χ1) is 21.2. The van der Waals surface area contributed by atoms with Gasteiger partial charge in [0.2, 0.25) is 0 Å². The van der Waals surface area contributed by atoms with E-state index >= 15 is 0 Å². The Labute approximate surface area is 250 Å². The van der Waals surface area contributed by atoms with E-state index in [0.717, 1.165) is 22.3 Å². The van der Waals surface area contributed by atoms with Crippen molar-refractivity contribution in [1.82, 2.24) is 0 Å². The molecule has 0 aliphatic carbocycles. The lowest BCUT2D eigenvalue weighted by Crippen LogP contribution is -2.01. The van der Waals surface area contributed by atoms with Crippen LogP contribution < -0.4 is 19.6 Å². The highest BCUT2D eigenvalue weighted by atomic mass is 16.5. The Bertz CT molecular complexity index is 1880. The second kappa shape index (κ2) is 13.4. The predicted molar refractivity (Wildman–Crippen MR) is 170 cm³/mol. The van der Waals surface area contributed by atoms with Gasteiger partial charge in [0.05, 0.1) is 5.39 Å². The summed E-state index contributed by atoms with van der Waals surface area (Å²) >= 11 is 0. The lowest BCUT2D eigenvalue weighted by atomic mass is 10.1. The molecule has 0 atom stereocenters. The maximum Gasteiger partial charge on any atom is 0.193 e. The van der Waals surface area contributed by atoms with Crippen LogP contribution in [0, 0.1) is 0 Å². The Kier molecular flexibility index (Phi) is 8.61. The van der Waals surface area contributed by atoms with E-state index in [1.165, 1.54) is 6.07 Å². The summed E-state index contributed by atoms with van der Waals surface area (Å²) in [5.41, 5.74) is 4.41. The molecule has 0 spiro atoms. The number of rotatable bonds is 11.